The molecule has 0 aromatic heterocycles. The van der Waals surface area contributed by atoms with E-state index in [2.05, 4.69) is 5.32 Å². The van der Waals surface area contributed by atoms with Crippen molar-refractivity contribution in [3.8, 4) is 0 Å². The summed E-state index contributed by atoms with van der Waals surface area (Å²) >= 11 is 0. The molecule has 2 aromatic carbocycles. The Hall–Kier alpha value is -2.37. The van der Waals surface area contributed by atoms with E-state index in [1.54, 1.807) is 50.2 Å². The number of nitrogens with one attached hydrogen (secondary N) is 1. The summed E-state index contributed by atoms with van der Waals surface area (Å²) in [7, 11) is -7.23. The second kappa shape index (κ2) is 8.40. The Bertz CT molecular complexity index is 1070. The lowest BCUT2D eigenvalue weighted by molar-refractivity contribution is -0.123. The Labute approximate surface area is 177 Å². The number of sulfonamides is 1. The first kappa shape index (κ1) is 22.3. The predicted molar refractivity (Wildman–Crippen MR) is 118 cm³/mol. The van der Waals surface area contributed by atoms with Crippen molar-refractivity contribution in [1.29, 1.82) is 0 Å². The molecule has 162 valence electrons. The summed E-state index contributed by atoms with van der Waals surface area (Å²) in [5.74, 6) is -0.464. The van der Waals surface area contributed by atoms with Crippen molar-refractivity contribution in [2.24, 2.45) is 5.14 Å². The van der Waals surface area contributed by atoms with E-state index in [9.17, 15) is 22.3 Å². The Morgan fingerprint density at radius 2 is 1.67 bits per heavy atom. The molecule has 0 unspecified atom stereocenters. The molecule has 0 saturated heterocycles. The van der Waals surface area contributed by atoms with E-state index >= 15 is 0 Å². The molecular weight excluding hydrogens is 426 g/mol. The number of amides is 1. The van der Waals surface area contributed by atoms with E-state index in [0.29, 0.717) is 18.5 Å². The first-order valence-electron chi connectivity index (χ1n) is 9.30. The van der Waals surface area contributed by atoms with Crippen LogP contribution < -0.4 is 10.5 Å². The van der Waals surface area contributed by atoms with Crippen molar-refractivity contribution in [3.63, 3.8) is 0 Å². The van der Waals surface area contributed by atoms with E-state index < -0.39 is 32.7 Å². The van der Waals surface area contributed by atoms with Gasteiger partial charge in [0.2, 0.25) is 10.0 Å². The van der Waals surface area contributed by atoms with Crippen LogP contribution in [0.2, 0.25) is 0 Å². The van der Waals surface area contributed by atoms with Gasteiger partial charge in [-0.25, -0.2) is 17.9 Å². The van der Waals surface area contributed by atoms with Crippen molar-refractivity contribution in [2.75, 3.05) is 6.54 Å². The number of nitrogens with two attached hydrogens (primary N) is 1. The Kier molecular flexibility index (Phi) is 6.25. The first-order valence-corrected chi connectivity index (χ1v) is 12.4. The summed E-state index contributed by atoms with van der Waals surface area (Å²) in [6, 6.07) is 14.6. The zero-order valence-corrected chi connectivity index (χ0v) is 18.3. The summed E-state index contributed by atoms with van der Waals surface area (Å²) in [5.41, 5.74) is 1.57. The van der Waals surface area contributed by atoms with Gasteiger partial charge in [0.05, 0.1) is 4.90 Å². The van der Waals surface area contributed by atoms with Crippen molar-refractivity contribution < 1.29 is 22.3 Å². The highest BCUT2D eigenvalue weighted by molar-refractivity contribution is 8.31. The lowest BCUT2D eigenvalue weighted by atomic mass is 10.1. The van der Waals surface area contributed by atoms with Crippen LogP contribution >= 0.6 is 10.8 Å². The van der Waals surface area contributed by atoms with Gasteiger partial charge in [-0.3, -0.25) is 13.9 Å². The van der Waals surface area contributed by atoms with Gasteiger partial charge in [0.25, 0.3) is 5.91 Å². The van der Waals surface area contributed by atoms with E-state index in [4.69, 9.17) is 5.14 Å². The van der Waals surface area contributed by atoms with Gasteiger partial charge in [-0.1, -0.05) is 53.2 Å². The molecule has 1 aliphatic heterocycles. The highest BCUT2D eigenvalue weighted by Crippen LogP contribution is 2.62. The molecule has 5 N–H and O–H groups in total. The van der Waals surface area contributed by atoms with Crippen LogP contribution in [0.25, 0.3) is 4.91 Å². The molecule has 0 bridgehead atoms. The van der Waals surface area contributed by atoms with Crippen molar-refractivity contribution in [1.82, 2.24) is 9.62 Å². The second-order valence-electron chi connectivity index (χ2n) is 7.18. The third-order valence-corrected chi connectivity index (χ3v) is 7.71. The smallest absolute Gasteiger partial charge is 0.290 e. The van der Waals surface area contributed by atoms with E-state index in [0.717, 1.165) is 9.87 Å². The molecule has 0 radical (unpaired) electrons. The summed E-state index contributed by atoms with van der Waals surface area (Å²) in [4.78, 5) is 13.2. The monoisotopic (exact) mass is 451 g/mol. The van der Waals surface area contributed by atoms with Crippen LogP contribution in [0.15, 0.2) is 65.2 Å². The lowest BCUT2D eigenvalue weighted by Crippen LogP contribution is -2.37. The SMILES string of the molecule is CC(C)N1C(=O)C(NCCc2ccc(S(N)(=O)=O)cc2)=C(c2ccccc2)S1(O)O. The van der Waals surface area contributed by atoms with Gasteiger partial charge in [-0.2, -0.15) is 0 Å². The summed E-state index contributed by atoms with van der Waals surface area (Å²) in [6.07, 6.45) is 0.491. The second-order valence-corrected chi connectivity index (χ2v) is 10.6. The molecule has 2 aromatic rings. The number of primary sulfonamides is 1. The maximum Gasteiger partial charge on any atom is 0.290 e. The fourth-order valence-electron chi connectivity index (χ4n) is 3.31. The van der Waals surface area contributed by atoms with Crippen LogP contribution in [0.5, 0.6) is 0 Å². The molecule has 8 nitrogen and oxygen atoms in total. The largest absolute Gasteiger partial charge is 0.379 e. The molecule has 0 saturated carbocycles. The highest BCUT2D eigenvalue weighted by Gasteiger charge is 2.45. The fraction of sp³-hybridized carbons (Fsp3) is 0.250. The molecule has 1 heterocycles. The van der Waals surface area contributed by atoms with Crippen molar-refractivity contribution in [2.45, 2.75) is 31.2 Å². The molecule has 1 aliphatic rings. The minimum Gasteiger partial charge on any atom is -0.379 e. The quantitative estimate of drug-likeness (QED) is 0.512. The van der Waals surface area contributed by atoms with Gasteiger partial charge in [0, 0.05) is 18.2 Å². The van der Waals surface area contributed by atoms with Gasteiger partial charge in [0.1, 0.15) is 10.6 Å². The van der Waals surface area contributed by atoms with Gasteiger partial charge in [-0.15, -0.1) is 0 Å². The molecule has 0 fully saturated rings. The maximum atomic E-state index is 13.0. The maximum absolute atomic E-state index is 13.0. The Morgan fingerprint density at radius 3 is 2.20 bits per heavy atom. The topological polar surface area (TPSA) is 133 Å². The number of hydrogen-bond donors (Lipinski definition) is 4. The lowest BCUT2D eigenvalue weighted by Gasteiger charge is -2.40. The Balaban J connectivity index is 1.85. The molecule has 10 heteroatoms. The number of carbonyl (C=O) groups excluding carboxylic acids is 1. The number of rotatable bonds is 7. The average Bonchev–Trinajstić information content (AvgIpc) is 2.87. The normalized spacial score (nSPS) is 17.5. The van der Waals surface area contributed by atoms with E-state index in [-0.39, 0.29) is 15.5 Å². The number of hydrogen-bond acceptors (Lipinski definition) is 6. The minimum absolute atomic E-state index is 0.0285. The Morgan fingerprint density at radius 1 is 1.07 bits per heavy atom. The van der Waals surface area contributed by atoms with Gasteiger partial charge >= 0.3 is 0 Å². The summed E-state index contributed by atoms with van der Waals surface area (Å²) < 4.78 is 45.6. The molecule has 30 heavy (non-hydrogen) atoms. The van der Waals surface area contributed by atoms with Gasteiger partial charge in [0.15, 0.2) is 0 Å². The molecule has 0 aliphatic carbocycles. The van der Waals surface area contributed by atoms with Crippen LogP contribution in [0, 0.1) is 0 Å². The fourth-order valence-corrected chi connectivity index (χ4v) is 5.82. The molecule has 0 spiro atoms. The molecule has 3 rings (SSSR count). The third kappa shape index (κ3) is 4.37. The standard InChI is InChI=1S/C20H25N3O5S2/c1-14(2)23-20(24)18(19(30(23,27)28)16-6-4-3-5-7-16)22-13-12-15-8-10-17(11-9-15)29(21,25)26/h3-11,14,22,27-28H,12-13H2,1-2H3,(H2,21,25,26). The average molecular weight is 452 g/mol. The van der Waals surface area contributed by atoms with Gasteiger partial charge in [-0.05, 0) is 38.0 Å². The van der Waals surface area contributed by atoms with Crippen LogP contribution in [-0.2, 0) is 21.2 Å². The first-order chi connectivity index (χ1) is 14.0. The van der Waals surface area contributed by atoms with Crippen LogP contribution in [0.3, 0.4) is 0 Å². The zero-order chi connectivity index (χ0) is 22.1. The van der Waals surface area contributed by atoms with Crippen molar-refractivity contribution >= 4 is 31.6 Å². The molecule has 0 atom stereocenters. The van der Waals surface area contributed by atoms with Crippen molar-refractivity contribution in [3.05, 3.63) is 71.4 Å². The minimum atomic E-state index is -3.75. The zero-order valence-electron chi connectivity index (χ0n) is 16.6. The van der Waals surface area contributed by atoms with Crippen LogP contribution in [-0.4, -0.2) is 40.3 Å². The molecule has 1 amide bonds. The van der Waals surface area contributed by atoms with Crippen LogP contribution in [0.1, 0.15) is 25.0 Å². The molecular formula is C20H25N3O5S2. The third-order valence-electron chi connectivity index (χ3n) is 4.66. The highest BCUT2D eigenvalue weighted by atomic mass is 32.3. The van der Waals surface area contributed by atoms with E-state index in [1.807, 2.05) is 6.07 Å². The summed E-state index contributed by atoms with van der Waals surface area (Å²) in [6.45, 7) is 3.79. The number of carbonyl (C=O) groups is 1. The van der Waals surface area contributed by atoms with Gasteiger partial charge < -0.3 is 5.32 Å². The predicted octanol–water partition coefficient (Wildman–Crippen LogP) is 2.75. The van der Waals surface area contributed by atoms with E-state index in [1.165, 1.54) is 12.1 Å². The van der Waals surface area contributed by atoms with Crippen LogP contribution in [0.4, 0.5) is 0 Å². The number of nitrogens with zero attached hydrogens (tertiary/aromatic N) is 1. The number of benzene rings is 2. The summed E-state index contributed by atoms with van der Waals surface area (Å²) in [5, 5.41) is 8.16.